The molecule has 0 bridgehead atoms. The minimum Gasteiger partial charge on any atom is -0.494 e. The van der Waals surface area contributed by atoms with Gasteiger partial charge in [-0.25, -0.2) is 4.39 Å². The summed E-state index contributed by atoms with van der Waals surface area (Å²) in [5.41, 5.74) is 2.41. The largest absolute Gasteiger partial charge is 0.494 e. The van der Waals surface area contributed by atoms with Crippen molar-refractivity contribution in [2.75, 3.05) is 36.9 Å². The summed E-state index contributed by atoms with van der Waals surface area (Å²) in [4.78, 5) is 14.5. The van der Waals surface area contributed by atoms with Gasteiger partial charge in [-0.15, -0.1) is 0 Å². The predicted octanol–water partition coefficient (Wildman–Crippen LogP) is 4.34. The lowest BCUT2D eigenvalue weighted by Gasteiger charge is -2.17. The molecule has 6 heteroatoms. The van der Waals surface area contributed by atoms with Gasteiger partial charge in [-0.05, 0) is 62.0 Å². The van der Waals surface area contributed by atoms with Gasteiger partial charge in [0, 0.05) is 29.7 Å². The van der Waals surface area contributed by atoms with E-state index in [1.807, 2.05) is 24.3 Å². The molecule has 0 atom stereocenters. The van der Waals surface area contributed by atoms with Crippen LogP contribution in [0, 0.1) is 5.82 Å². The molecule has 3 rings (SSSR count). The van der Waals surface area contributed by atoms with E-state index in [1.165, 1.54) is 12.1 Å². The smallest absolute Gasteiger partial charge is 0.257 e. The number of hydrogen-bond donors (Lipinski definition) is 2. The van der Waals surface area contributed by atoms with Gasteiger partial charge in [0.05, 0.1) is 12.2 Å². The van der Waals surface area contributed by atoms with Crippen molar-refractivity contribution in [3.8, 4) is 5.75 Å². The maximum absolute atomic E-state index is 13.5. The molecule has 0 spiro atoms. The van der Waals surface area contributed by atoms with Crippen LogP contribution in [-0.2, 0) is 4.79 Å². The Labute approximate surface area is 165 Å². The minimum atomic E-state index is -0.372. The Kier molecular flexibility index (Phi) is 6.66. The van der Waals surface area contributed by atoms with Crippen molar-refractivity contribution in [1.29, 1.82) is 0 Å². The first-order valence-electron chi connectivity index (χ1n) is 9.64. The van der Waals surface area contributed by atoms with Crippen LogP contribution in [0.25, 0.3) is 5.57 Å². The maximum Gasteiger partial charge on any atom is 0.257 e. The molecule has 2 aromatic rings. The number of nitrogens with zero attached hydrogens (tertiary/aromatic N) is 1. The predicted molar refractivity (Wildman–Crippen MR) is 111 cm³/mol. The third-order valence-electron chi connectivity index (χ3n) is 4.78. The van der Waals surface area contributed by atoms with Crippen molar-refractivity contribution in [2.45, 2.75) is 20.3 Å². The van der Waals surface area contributed by atoms with Crippen molar-refractivity contribution in [3.05, 3.63) is 60.0 Å². The van der Waals surface area contributed by atoms with Crippen molar-refractivity contribution < 1.29 is 13.9 Å². The molecule has 0 aromatic heterocycles. The molecule has 5 nitrogen and oxygen atoms in total. The van der Waals surface area contributed by atoms with Crippen LogP contribution < -0.4 is 15.4 Å². The molecule has 1 amide bonds. The number of anilines is 2. The molecule has 1 heterocycles. The van der Waals surface area contributed by atoms with Crippen LogP contribution in [0.2, 0.25) is 0 Å². The number of fused-ring (bicyclic) bond motifs is 1. The van der Waals surface area contributed by atoms with Crippen LogP contribution in [-0.4, -0.2) is 37.0 Å². The van der Waals surface area contributed by atoms with Crippen LogP contribution >= 0.6 is 0 Å². The van der Waals surface area contributed by atoms with Gasteiger partial charge in [0.25, 0.3) is 5.91 Å². The number of halogens is 1. The number of benzene rings is 2. The Hall–Kier alpha value is -2.86. The van der Waals surface area contributed by atoms with Crippen molar-refractivity contribution >= 4 is 22.9 Å². The number of carbonyl (C=O) groups is 1. The van der Waals surface area contributed by atoms with Crippen molar-refractivity contribution in [3.63, 3.8) is 0 Å². The summed E-state index contributed by atoms with van der Waals surface area (Å²) in [5.74, 6) is 0.189. The zero-order valence-corrected chi connectivity index (χ0v) is 16.3. The molecule has 0 saturated heterocycles. The number of amides is 1. The van der Waals surface area contributed by atoms with Gasteiger partial charge in [-0.2, -0.15) is 0 Å². The van der Waals surface area contributed by atoms with Gasteiger partial charge in [0.2, 0.25) is 0 Å². The highest BCUT2D eigenvalue weighted by atomic mass is 19.1. The fourth-order valence-corrected chi connectivity index (χ4v) is 3.12. The lowest BCUT2D eigenvalue weighted by molar-refractivity contribution is -0.110. The summed E-state index contributed by atoms with van der Waals surface area (Å²) in [7, 11) is 0. The van der Waals surface area contributed by atoms with Crippen molar-refractivity contribution in [2.24, 2.45) is 0 Å². The monoisotopic (exact) mass is 383 g/mol. The SMILES string of the molecule is CCN(CC)CCCOc1ccc(NC=C2C(=O)Nc3ccc(F)cc32)cc1. The molecule has 0 fully saturated rings. The lowest BCUT2D eigenvalue weighted by atomic mass is 10.1. The van der Waals surface area contributed by atoms with Crippen LogP contribution in [0.4, 0.5) is 15.8 Å². The van der Waals surface area contributed by atoms with Gasteiger partial charge >= 0.3 is 0 Å². The standard InChI is InChI=1S/C22H26FN3O2/c1-3-26(4-2)12-5-13-28-18-9-7-17(8-10-18)24-15-20-19-14-16(23)6-11-21(19)25-22(20)27/h6-11,14-15,24H,3-5,12-13H2,1-2H3,(H,25,27). The summed E-state index contributed by atoms with van der Waals surface area (Å²) >= 11 is 0. The zero-order chi connectivity index (χ0) is 19.9. The normalized spacial score (nSPS) is 14.3. The maximum atomic E-state index is 13.5. The molecule has 0 unspecified atom stereocenters. The first kappa shape index (κ1) is 19.9. The Balaban J connectivity index is 1.54. The Morgan fingerprint density at radius 3 is 2.61 bits per heavy atom. The van der Waals surface area contributed by atoms with E-state index in [0.29, 0.717) is 23.4 Å². The third kappa shape index (κ3) is 4.89. The topological polar surface area (TPSA) is 53.6 Å². The van der Waals surface area contributed by atoms with Gasteiger partial charge < -0.3 is 20.3 Å². The van der Waals surface area contributed by atoms with E-state index in [0.717, 1.165) is 37.5 Å². The molecule has 0 saturated carbocycles. The molecular formula is C22H26FN3O2. The van der Waals surface area contributed by atoms with E-state index in [9.17, 15) is 9.18 Å². The molecule has 0 aliphatic carbocycles. The Morgan fingerprint density at radius 1 is 1.14 bits per heavy atom. The number of ether oxygens (including phenoxy) is 1. The number of nitrogens with one attached hydrogen (secondary N) is 2. The molecular weight excluding hydrogens is 357 g/mol. The summed E-state index contributed by atoms with van der Waals surface area (Å²) in [5, 5.41) is 5.82. The third-order valence-corrected chi connectivity index (χ3v) is 4.78. The first-order chi connectivity index (χ1) is 13.6. The molecule has 28 heavy (non-hydrogen) atoms. The van der Waals surface area contributed by atoms with Gasteiger partial charge in [-0.3, -0.25) is 4.79 Å². The Morgan fingerprint density at radius 2 is 1.89 bits per heavy atom. The molecule has 0 radical (unpaired) electrons. The summed E-state index contributed by atoms with van der Waals surface area (Å²) in [6, 6.07) is 11.8. The van der Waals surface area contributed by atoms with Gasteiger partial charge in [0.15, 0.2) is 0 Å². The van der Waals surface area contributed by atoms with Crippen LogP contribution in [0.3, 0.4) is 0 Å². The molecule has 2 aromatic carbocycles. The Bertz CT molecular complexity index is 845. The first-order valence-corrected chi connectivity index (χ1v) is 9.64. The van der Waals surface area contributed by atoms with E-state index in [4.69, 9.17) is 4.74 Å². The van der Waals surface area contributed by atoms with E-state index in [1.54, 1.807) is 12.3 Å². The van der Waals surface area contributed by atoms with E-state index < -0.39 is 0 Å². The summed E-state index contributed by atoms with van der Waals surface area (Å²) in [6.07, 6.45) is 2.58. The zero-order valence-electron chi connectivity index (χ0n) is 16.3. The molecule has 2 N–H and O–H groups in total. The van der Waals surface area contributed by atoms with Crippen LogP contribution in [0.15, 0.2) is 48.7 Å². The second kappa shape index (κ2) is 9.37. The van der Waals surface area contributed by atoms with E-state index in [-0.39, 0.29) is 11.7 Å². The average Bonchev–Trinajstić information content (AvgIpc) is 3.02. The average molecular weight is 383 g/mol. The quantitative estimate of drug-likeness (QED) is 0.500. The van der Waals surface area contributed by atoms with Gasteiger partial charge in [-0.1, -0.05) is 13.8 Å². The van der Waals surface area contributed by atoms with Gasteiger partial charge in [0.1, 0.15) is 11.6 Å². The number of carbonyl (C=O) groups excluding carboxylic acids is 1. The highest BCUT2D eigenvalue weighted by Crippen LogP contribution is 2.32. The second-order valence-corrected chi connectivity index (χ2v) is 6.60. The highest BCUT2D eigenvalue weighted by Gasteiger charge is 2.24. The molecule has 148 valence electrons. The van der Waals surface area contributed by atoms with Crippen LogP contribution in [0.5, 0.6) is 5.75 Å². The van der Waals surface area contributed by atoms with E-state index >= 15 is 0 Å². The second-order valence-electron chi connectivity index (χ2n) is 6.60. The lowest BCUT2D eigenvalue weighted by Crippen LogP contribution is -2.25. The molecule has 1 aliphatic heterocycles. The fourth-order valence-electron chi connectivity index (χ4n) is 3.12. The molecule has 1 aliphatic rings. The summed E-state index contributed by atoms with van der Waals surface area (Å²) in [6.45, 7) is 8.15. The minimum absolute atomic E-state index is 0.249. The van der Waals surface area contributed by atoms with Crippen LogP contribution in [0.1, 0.15) is 25.8 Å². The number of rotatable bonds is 9. The van der Waals surface area contributed by atoms with Crippen molar-refractivity contribution in [1.82, 2.24) is 4.90 Å². The summed E-state index contributed by atoms with van der Waals surface area (Å²) < 4.78 is 19.3. The number of hydrogen-bond acceptors (Lipinski definition) is 4. The van der Waals surface area contributed by atoms with E-state index in [2.05, 4.69) is 29.4 Å². The fraction of sp³-hybridized carbons (Fsp3) is 0.318. The highest BCUT2D eigenvalue weighted by molar-refractivity contribution is 6.31.